The number of amides is 2. The molecular weight excluding hydrogens is 404 g/mol. The molecule has 0 saturated carbocycles. The van der Waals surface area contributed by atoms with Crippen LogP contribution in [-0.4, -0.2) is 48.6 Å². The van der Waals surface area contributed by atoms with Gasteiger partial charge >= 0.3 is 0 Å². The normalized spacial score (nSPS) is 21.5. The Morgan fingerprint density at radius 3 is 2.19 bits per heavy atom. The highest BCUT2D eigenvalue weighted by molar-refractivity contribution is 6.45. The fourth-order valence-electron chi connectivity index (χ4n) is 4.42. The predicted molar refractivity (Wildman–Crippen MR) is 125 cm³/mol. The third-order valence-corrected chi connectivity index (χ3v) is 6.00. The van der Waals surface area contributed by atoms with Crippen LogP contribution >= 0.6 is 0 Å². The smallest absolute Gasteiger partial charge is 0.282 e. The van der Waals surface area contributed by atoms with Crippen molar-refractivity contribution >= 4 is 23.1 Å². The molecule has 2 aliphatic rings. The average molecular weight is 435 g/mol. The van der Waals surface area contributed by atoms with Crippen molar-refractivity contribution in [1.82, 2.24) is 4.90 Å². The Kier molecular flexibility index (Phi) is 6.07. The van der Waals surface area contributed by atoms with Gasteiger partial charge in [-0.2, -0.15) is 0 Å². The summed E-state index contributed by atoms with van der Waals surface area (Å²) in [5.41, 5.74) is 4.43. The Hall–Kier alpha value is -3.12. The molecule has 2 aromatic rings. The number of benzene rings is 2. The van der Waals surface area contributed by atoms with Crippen molar-refractivity contribution in [2.75, 3.05) is 24.6 Å². The molecule has 1 saturated heterocycles. The van der Waals surface area contributed by atoms with Crippen LogP contribution in [0.5, 0.6) is 5.75 Å². The summed E-state index contributed by atoms with van der Waals surface area (Å²) in [6.45, 7) is 11.6. The first-order chi connectivity index (χ1) is 15.3. The number of anilines is 1. The average Bonchev–Trinajstić information content (AvgIpc) is 3.00. The topological polar surface area (TPSA) is 59.1 Å². The summed E-state index contributed by atoms with van der Waals surface area (Å²) in [5.74, 6) is 0.103. The molecule has 4 rings (SSSR count). The molecule has 0 aliphatic carbocycles. The number of carbonyl (C=O) groups excluding carboxylic acids is 2. The van der Waals surface area contributed by atoms with E-state index in [4.69, 9.17) is 9.47 Å². The Morgan fingerprint density at radius 2 is 1.59 bits per heavy atom. The van der Waals surface area contributed by atoms with Crippen LogP contribution in [0.1, 0.15) is 37.5 Å². The van der Waals surface area contributed by atoms with E-state index < -0.39 is 0 Å². The molecular formula is C26H30N2O4. The van der Waals surface area contributed by atoms with Crippen molar-refractivity contribution in [3.63, 3.8) is 0 Å². The molecule has 2 aromatic carbocycles. The number of nitrogens with zero attached hydrogens (tertiary/aromatic N) is 2. The molecule has 0 bridgehead atoms. The van der Waals surface area contributed by atoms with Gasteiger partial charge in [0.2, 0.25) is 0 Å². The van der Waals surface area contributed by atoms with E-state index in [9.17, 15) is 9.59 Å². The van der Waals surface area contributed by atoms with Crippen molar-refractivity contribution < 1.29 is 19.1 Å². The minimum atomic E-state index is -0.302. The number of rotatable bonds is 5. The van der Waals surface area contributed by atoms with Crippen molar-refractivity contribution in [3.05, 3.63) is 64.9 Å². The predicted octanol–water partition coefficient (Wildman–Crippen LogP) is 4.10. The van der Waals surface area contributed by atoms with E-state index in [1.807, 2.05) is 57.7 Å². The van der Waals surface area contributed by atoms with E-state index in [2.05, 4.69) is 0 Å². The van der Waals surface area contributed by atoms with Crippen LogP contribution in [0.25, 0.3) is 5.57 Å². The van der Waals surface area contributed by atoms with E-state index >= 15 is 0 Å². The van der Waals surface area contributed by atoms with E-state index in [0.717, 1.165) is 16.7 Å². The maximum atomic E-state index is 13.7. The number of imide groups is 1. The fraction of sp³-hybridized carbons (Fsp3) is 0.385. The van der Waals surface area contributed by atoms with Gasteiger partial charge < -0.3 is 14.4 Å². The molecule has 2 aliphatic heterocycles. The minimum Gasteiger partial charge on any atom is -0.494 e. The third-order valence-electron chi connectivity index (χ3n) is 6.00. The summed E-state index contributed by atoms with van der Waals surface area (Å²) in [6, 6.07) is 13.0. The molecule has 2 heterocycles. The van der Waals surface area contributed by atoms with Crippen LogP contribution in [0.2, 0.25) is 0 Å². The summed E-state index contributed by atoms with van der Waals surface area (Å²) in [6.07, 6.45) is -0.0654. The first-order valence-corrected chi connectivity index (χ1v) is 11.1. The lowest BCUT2D eigenvalue weighted by molar-refractivity contribution is -0.121. The molecule has 6 heteroatoms. The number of morpholine rings is 1. The summed E-state index contributed by atoms with van der Waals surface area (Å²) in [4.78, 5) is 30.7. The van der Waals surface area contributed by atoms with Crippen LogP contribution in [0.15, 0.2) is 48.2 Å². The molecule has 0 spiro atoms. The lowest BCUT2D eigenvalue weighted by Gasteiger charge is -2.37. The maximum Gasteiger partial charge on any atom is 0.282 e. The molecule has 2 amide bonds. The fourth-order valence-corrected chi connectivity index (χ4v) is 4.42. The lowest BCUT2D eigenvalue weighted by atomic mass is 9.99. The number of hydrogen-bond acceptors (Lipinski definition) is 5. The van der Waals surface area contributed by atoms with Crippen LogP contribution in [-0.2, 0) is 14.3 Å². The van der Waals surface area contributed by atoms with Gasteiger partial charge in [-0.25, -0.2) is 4.90 Å². The first-order valence-electron chi connectivity index (χ1n) is 11.1. The van der Waals surface area contributed by atoms with Crippen LogP contribution in [0.3, 0.4) is 0 Å². The highest BCUT2D eigenvalue weighted by Crippen LogP contribution is 2.37. The number of hydrogen-bond donors (Lipinski definition) is 0. The maximum absolute atomic E-state index is 13.7. The quantitative estimate of drug-likeness (QED) is 0.664. The Labute approximate surface area is 189 Å². The summed E-state index contributed by atoms with van der Waals surface area (Å²) in [7, 11) is 0. The van der Waals surface area contributed by atoms with Gasteiger partial charge in [0.05, 0.1) is 30.1 Å². The molecule has 0 N–H and O–H groups in total. The molecule has 32 heavy (non-hydrogen) atoms. The highest BCUT2D eigenvalue weighted by Gasteiger charge is 2.43. The Bertz CT molecular complexity index is 1060. The Morgan fingerprint density at radius 1 is 0.938 bits per heavy atom. The molecule has 0 radical (unpaired) electrons. The van der Waals surface area contributed by atoms with Crippen molar-refractivity contribution in [2.45, 2.75) is 46.8 Å². The van der Waals surface area contributed by atoms with Gasteiger partial charge in [0, 0.05) is 13.1 Å². The summed E-state index contributed by atoms with van der Waals surface area (Å²) in [5, 5.41) is 0. The second kappa shape index (κ2) is 8.79. The van der Waals surface area contributed by atoms with Gasteiger partial charge in [0.25, 0.3) is 11.8 Å². The number of carbonyl (C=O) groups is 2. The second-order valence-electron chi connectivity index (χ2n) is 8.56. The molecule has 0 aromatic heterocycles. The van der Waals surface area contributed by atoms with E-state index in [1.165, 1.54) is 4.90 Å². The van der Waals surface area contributed by atoms with Crippen LogP contribution in [0, 0.1) is 13.8 Å². The summed E-state index contributed by atoms with van der Waals surface area (Å²) >= 11 is 0. The highest BCUT2D eigenvalue weighted by atomic mass is 16.5. The molecule has 2 unspecified atom stereocenters. The van der Waals surface area contributed by atoms with Crippen molar-refractivity contribution in [3.8, 4) is 5.75 Å². The lowest BCUT2D eigenvalue weighted by Crippen LogP contribution is -2.47. The zero-order valence-corrected chi connectivity index (χ0v) is 19.3. The van der Waals surface area contributed by atoms with E-state index in [-0.39, 0.29) is 24.0 Å². The van der Waals surface area contributed by atoms with Crippen molar-refractivity contribution in [1.29, 1.82) is 0 Å². The summed E-state index contributed by atoms with van der Waals surface area (Å²) < 4.78 is 11.4. The number of ether oxygens (including phenoxy) is 2. The monoisotopic (exact) mass is 434 g/mol. The zero-order chi connectivity index (χ0) is 23.0. The number of aryl methyl sites for hydroxylation is 2. The molecule has 6 nitrogen and oxygen atoms in total. The largest absolute Gasteiger partial charge is 0.494 e. The minimum absolute atomic E-state index is 0.0327. The molecule has 1 fully saturated rings. The van der Waals surface area contributed by atoms with Crippen LogP contribution < -0.4 is 9.64 Å². The zero-order valence-electron chi connectivity index (χ0n) is 19.3. The Balaban J connectivity index is 1.80. The molecule has 168 valence electrons. The van der Waals surface area contributed by atoms with Gasteiger partial charge in [0.1, 0.15) is 11.4 Å². The van der Waals surface area contributed by atoms with Gasteiger partial charge in [-0.15, -0.1) is 0 Å². The third kappa shape index (κ3) is 4.02. The van der Waals surface area contributed by atoms with E-state index in [0.29, 0.717) is 42.4 Å². The first kappa shape index (κ1) is 22.1. The SMILES string of the molecule is CCOc1ccc(N2C(=O)C(c3ccc(C)c(C)c3)=C(N3CC(C)OC(C)C3)C2=O)cc1. The van der Waals surface area contributed by atoms with Gasteiger partial charge in [-0.1, -0.05) is 18.2 Å². The van der Waals surface area contributed by atoms with Crippen molar-refractivity contribution in [2.24, 2.45) is 0 Å². The van der Waals surface area contributed by atoms with Gasteiger partial charge in [-0.3, -0.25) is 9.59 Å². The van der Waals surface area contributed by atoms with Gasteiger partial charge in [0.15, 0.2) is 0 Å². The second-order valence-corrected chi connectivity index (χ2v) is 8.56. The van der Waals surface area contributed by atoms with Crippen LogP contribution in [0.4, 0.5) is 5.69 Å². The van der Waals surface area contributed by atoms with Gasteiger partial charge in [-0.05, 0) is 75.6 Å². The standard InChI is InChI=1S/C26H30N2O4/c1-6-31-22-11-9-21(10-12-22)28-25(29)23(20-8-7-16(2)17(3)13-20)24(26(28)30)27-14-18(4)32-19(5)15-27/h7-13,18-19H,6,14-15H2,1-5H3. The van der Waals surface area contributed by atoms with E-state index in [1.54, 1.807) is 24.3 Å². The molecule has 2 atom stereocenters.